The number of fused-ring (bicyclic) bond motifs is 1. The molecule has 2 aromatic rings. The van der Waals surface area contributed by atoms with E-state index in [2.05, 4.69) is 15.6 Å². The molecule has 5 rings (SSSR count). The minimum atomic E-state index is -0.595. The fourth-order valence-corrected chi connectivity index (χ4v) is 4.29. The minimum absolute atomic E-state index is 0.000662. The molecule has 0 aliphatic heterocycles. The summed E-state index contributed by atoms with van der Waals surface area (Å²) in [5.41, 5.74) is 1.10. The van der Waals surface area contributed by atoms with Crippen LogP contribution in [-0.2, 0) is 4.79 Å². The van der Waals surface area contributed by atoms with E-state index in [-0.39, 0.29) is 40.8 Å². The Labute approximate surface area is 172 Å². The van der Waals surface area contributed by atoms with Crippen LogP contribution in [0.3, 0.4) is 0 Å². The van der Waals surface area contributed by atoms with Gasteiger partial charge in [-0.05, 0) is 55.9 Å². The van der Waals surface area contributed by atoms with E-state index in [1.807, 2.05) is 13.0 Å². The standard InChI is InChI=1S/C21H21ClFN3O3/c1-12-2-5-17(24-10-12)20(28)26-21-7-13(8-21)18(9-21)25-19(27)11-29-14-3-4-15(22)16(23)6-14/h2-6,10,13,18H,7-9,11H2,1H3,(H,25,27)(H,26,28). The second-order valence-electron chi connectivity index (χ2n) is 7.87. The van der Waals surface area contributed by atoms with Crippen LogP contribution in [-0.4, -0.2) is 35.0 Å². The Morgan fingerprint density at radius 1 is 1.28 bits per heavy atom. The second kappa shape index (κ2) is 7.63. The Balaban J connectivity index is 1.27. The molecule has 1 aromatic carbocycles. The van der Waals surface area contributed by atoms with Crippen molar-refractivity contribution in [3.05, 3.63) is 58.6 Å². The van der Waals surface area contributed by atoms with Crippen molar-refractivity contribution >= 4 is 23.4 Å². The van der Waals surface area contributed by atoms with E-state index in [4.69, 9.17) is 16.3 Å². The van der Waals surface area contributed by atoms with E-state index in [0.29, 0.717) is 18.0 Å². The van der Waals surface area contributed by atoms with Crippen LogP contribution in [0.25, 0.3) is 0 Å². The first kappa shape index (κ1) is 19.6. The Kier molecular flexibility index (Phi) is 5.17. The summed E-state index contributed by atoms with van der Waals surface area (Å²) in [6, 6.07) is 7.58. The fraction of sp³-hybridized carbons (Fsp3) is 0.381. The van der Waals surface area contributed by atoms with Gasteiger partial charge in [0.15, 0.2) is 6.61 Å². The highest BCUT2D eigenvalue weighted by atomic mass is 35.5. The summed E-state index contributed by atoms with van der Waals surface area (Å²) in [5, 5.41) is 6.05. The van der Waals surface area contributed by atoms with Crippen molar-refractivity contribution in [2.75, 3.05) is 6.61 Å². The van der Waals surface area contributed by atoms with Crippen molar-refractivity contribution in [2.45, 2.75) is 37.8 Å². The Bertz CT molecular complexity index is 945. The van der Waals surface area contributed by atoms with Gasteiger partial charge in [0.05, 0.1) is 5.02 Å². The summed E-state index contributed by atoms with van der Waals surface area (Å²) < 4.78 is 18.8. The molecule has 3 aliphatic rings. The SMILES string of the molecule is Cc1ccc(C(=O)NC23CC(C2)C(NC(=O)COc2ccc(Cl)c(F)c2)C3)nc1. The van der Waals surface area contributed by atoms with Gasteiger partial charge in [-0.3, -0.25) is 14.6 Å². The highest BCUT2D eigenvalue weighted by Crippen LogP contribution is 2.52. The molecule has 2 bridgehead atoms. The molecular formula is C21H21ClFN3O3. The fourth-order valence-electron chi connectivity index (χ4n) is 4.18. The third-order valence-corrected chi connectivity index (χ3v) is 5.92. The number of nitrogens with one attached hydrogen (secondary N) is 2. The number of benzene rings is 1. The highest BCUT2D eigenvalue weighted by molar-refractivity contribution is 6.30. The van der Waals surface area contributed by atoms with Gasteiger partial charge < -0.3 is 15.4 Å². The van der Waals surface area contributed by atoms with Crippen LogP contribution in [0.15, 0.2) is 36.5 Å². The van der Waals surface area contributed by atoms with Crippen LogP contribution < -0.4 is 15.4 Å². The third kappa shape index (κ3) is 4.19. The van der Waals surface area contributed by atoms with Gasteiger partial charge in [0.25, 0.3) is 11.8 Å². The molecule has 6 nitrogen and oxygen atoms in total. The van der Waals surface area contributed by atoms with Gasteiger partial charge in [-0.15, -0.1) is 0 Å². The average molecular weight is 418 g/mol. The average Bonchev–Trinajstić information content (AvgIpc) is 3.16. The maximum atomic E-state index is 13.4. The lowest BCUT2D eigenvalue weighted by Crippen LogP contribution is -2.52. The number of hydrogen-bond donors (Lipinski definition) is 2. The number of aryl methyl sites for hydroxylation is 1. The van der Waals surface area contributed by atoms with Gasteiger partial charge in [0.2, 0.25) is 0 Å². The predicted octanol–water partition coefficient (Wildman–Crippen LogP) is 3.03. The molecule has 1 heterocycles. The molecule has 152 valence electrons. The summed E-state index contributed by atoms with van der Waals surface area (Å²) in [4.78, 5) is 28.8. The van der Waals surface area contributed by atoms with Crippen molar-refractivity contribution in [3.63, 3.8) is 0 Å². The number of carbonyl (C=O) groups excluding carboxylic acids is 2. The smallest absolute Gasteiger partial charge is 0.270 e. The monoisotopic (exact) mass is 417 g/mol. The molecule has 3 saturated carbocycles. The number of aromatic nitrogens is 1. The summed E-state index contributed by atoms with van der Waals surface area (Å²) in [7, 11) is 0. The zero-order chi connectivity index (χ0) is 20.6. The normalized spacial score (nSPS) is 24.5. The third-order valence-electron chi connectivity index (χ3n) is 5.62. The number of hydrogen-bond acceptors (Lipinski definition) is 4. The zero-order valence-electron chi connectivity index (χ0n) is 15.9. The summed E-state index contributed by atoms with van der Waals surface area (Å²) in [6.07, 6.45) is 4.01. The molecule has 8 heteroatoms. The molecule has 2 N–H and O–H groups in total. The molecule has 0 saturated heterocycles. The molecule has 0 radical (unpaired) electrons. The van der Waals surface area contributed by atoms with Crippen molar-refractivity contribution in [1.82, 2.24) is 15.6 Å². The number of carbonyl (C=O) groups is 2. The van der Waals surface area contributed by atoms with Crippen LogP contribution in [0.2, 0.25) is 5.02 Å². The first-order valence-electron chi connectivity index (χ1n) is 9.46. The number of pyridine rings is 1. The van der Waals surface area contributed by atoms with Crippen molar-refractivity contribution in [3.8, 4) is 5.75 Å². The quantitative estimate of drug-likeness (QED) is 0.757. The molecule has 29 heavy (non-hydrogen) atoms. The summed E-state index contributed by atoms with van der Waals surface area (Å²) in [5.74, 6) is -0.490. The maximum Gasteiger partial charge on any atom is 0.270 e. The lowest BCUT2D eigenvalue weighted by atomic mass is 9.76. The molecule has 1 atom stereocenters. The lowest BCUT2D eigenvalue weighted by molar-refractivity contribution is -0.124. The Morgan fingerprint density at radius 3 is 2.76 bits per heavy atom. The minimum Gasteiger partial charge on any atom is -0.484 e. The maximum absolute atomic E-state index is 13.4. The molecule has 3 aliphatic carbocycles. The van der Waals surface area contributed by atoms with Gasteiger partial charge in [0.1, 0.15) is 17.3 Å². The number of rotatable bonds is 6. The Hall–Kier alpha value is -2.67. The number of amides is 2. The first-order chi connectivity index (χ1) is 13.8. The number of ether oxygens (including phenoxy) is 1. The number of halogens is 2. The highest BCUT2D eigenvalue weighted by Gasteiger charge is 2.57. The van der Waals surface area contributed by atoms with E-state index in [9.17, 15) is 14.0 Å². The van der Waals surface area contributed by atoms with E-state index in [1.165, 1.54) is 12.1 Å². The van der Waals surface area contributed by atoms with Crippen LogP contribution >= 0.6 is 11.6 Å². The van der Waals surface area contributed by atoms with E-state index in [0.717, 1.165) is 24.5 Å². The molecule has 2 amide bonds. The first-order valence-corrected chi connectivity index (χ1v) is 9.84. The number of nitrogens with zero attached hydrogens (tertiary/aromatic N) is 1. The predicted molar refractivity (Wildman–Crippen MR) is 105 cm³/mol. The van der Waals surface area contributed by atoms with Gasteiger partial charge in [0, 0.05) is 23.8 Å². The summed E-state index contributed by atoms with van der Waals surface area (Å²) >= 11 is 5.63. The largest absolute Gasteiger partial charge is 0.484 e. The summed E-state index contributed by atoms with van der Waals surface area (Å²) in [6.45, 7) is 1.71. The topological polar surface area (TPSA) is 80.3 Å². The zero-order valence-corrected chi connectivity index (χ0v) is 16.6. The molecule has 1 aromatic heterocycles. The van der Waals surface area contributed by atoms with Gasteiger partial charge in [-0.1, -0.05) is 17.7 Å². The molecule has 1 unspecified atom stereocenters. The van der Waals surface area contributed by atoms with Crippen molar-refractivity contribution in [1.29, 1.82) is 0 Å². The lowest BCUT2D eigenvalue weighted by Gasteiger charge is -2.39. The van der Waals surface area contributed by atoms with E-state index in [1.54, 1.807) is 12.3 Å². The van der Waals surface area contributed by atoms with Crippen molar-refractivity contribution < 1.29 is 18.7 Å². The van der Waals surface area contributed by atoms with Crippen LogP contribution in [0.4, 0.5) is 4.39 Å². The van der Waals surface area contributed by atoms with Crippen molar-refractivity contribution in [2.24, 2.45) is 5.92 Å². The van der Waals surface area contributed by atoms with Crippen LogP contribution in [0.1, 0.15) is 35.3 Å². The van der Waals surface area contributed by atoms with Crippen LogP contribution in [0.5, 0.6) is 5.75 Å². The van der Waals surface area contributed by atoms with E-state index < -0.39 is 5.82 Å². The van der Waals surface area contributed by atoms with Crippen LogP contribution in [0, 0.1) is 18.7 Å². The van der Waals surface area contributed by atoms with E-state index >= 15 is 0 Å². The second-order valence-corrected chi connectivity index (χ2v) is 8.27. The van der Waals surface area contributed by atoms with Gasteiger partial charge >= 0.3 is 0 Å². The van der Waals surface area contributed by atoms with Gasteiger partial charge in [-0.25, -0.2) is 4.39 Å². The van der Waals surface area contributed by atoms with Gasteiger partial charge in [-0.2, -0.15) is 0 Å². The molecule has 3 fully saturated rings. The Morgan fingerprint density at radius 2 is 2.07 bits per heavy atom. The molecule has 0 spiro atoms. The molecular weight excluding hydrogens is 397 g/mol.